The molecule has 0 heterocycles. The molecule has 0 saturated heterocycles. The van der Waals surface area contributed by atoms with Gasteiger partial charge in [0.25, 0.3) is 0 Å². The summed E-state index contributed by atoms with van der Waals surface area (Å²) in [7, 11) is -3.61. The number of hydrogen-bond acceptors (Lipinski definition) is 4. The van der Waals surface area contributed by atoms with Gasteiger partial charge in [0.15, 0.2) is 0 Å². The minimum atomic E-state index is -3.61. The summed E-state index contributed by atoms with van der Waals surface area (Å²) < 4.78 is 25.8. The van der Waals surface area contributed by atoms with Gasteiger partial charge in [0.2, 0.25) is 10.0 Å². The van der Waals surface area contributed by atoms with Gasteiger partial charge in [0.05, 0.1) is 12.3 Å². The second-order valence-electron chi connectivity index (χ2n) is 3.67. The van der Waals surface area contributed by atoms with E-state index in [2.05, 4.69) is 0 Å². The Morgan fingerprint density at radius 2 is 1.94 bits per heavy atom. The molecule has 3 N–H and O–H groups in total. The standard InChI is InChI=1S/C11H18N2O3S/c1-2-7-13(8-9-14)17(15,16)11-6-4-3-5-10(11)12/h3-6,14H,2,7-9,12H2,1H3. The molecule has 0 spiro atoms. The first-order chi connectivity index (χ1) is 8.04. The van der Waals surface area contributed by atoms with Gasteiger partial charge in [0.1, 0.15) is 4.90 Å². The molecule has 0 saturated carbocycles. The highest BCUT2D eigenvalue weighted by Crippen LogP contribution is 2.21. The first-order valence-electron chi connectivity index (χ1n) is 5.49. The second kappa shape index (κ2) is 6.00. The highest BCUT2D eigenvalue weighted by atomic mass is 32.2. The maximum atomic E-state index is 12.3. The van der Waals surface area contributed by atoms with E-state index in [1.807, 2.05) is 6.92 Å². The largest absolute Gasteiger partial charge is 0.398 e. The number of nitrogens with two attached hydrogens (primary N) is 1. The number of aliphatic hydroxyl groups excluding tert-OH is 1. The minimum Gasteiger partial charge on any atom is -0.398 e. The quantitative estimate of drug-likeness (QED) is 0.734. The molecule has 0 atom stereocenters. The molecule has 0 radical (unpaired) electrons. The smallest absolute Gasteiger partial charge is 0.245 e. The monoisotopic (exact) mass is 258 g/mol. The van der Waals surface area contributed by atoms with Crippen LogP contribution in [0.5, 0.6) is 0 Å². The Balaban J connectivity index is 3.12. The summed E-state index contributed by atoms with van der Waals surface area (Å²) in [4.78, 5) is 0.0990. The highest BCUT2D eigenvalue weighted by Gasteiger charge is 2.24. The lowest BCUT2D eigenvalue weighted by Gasteiger charge is -2.21. The van der Waals surface area contributed by atoms with E-state index in [1.165, 1.54) is 10.4 Å². The third-order valence-electron chi connectivity index (χ3n) is 2.36. The molecule has 0 unspecified atom stereocenters. The van der Waals surface area contributed by atoms with Gasteiger partial charge in [-0.1, -0.05) is 19.1 Å². The van der Waals surface area contributed by atoms with Gasteiger partial charge < -0.3 is 10.8 Å². The number of benzene rings is 1. The highest BCUT2D eigenvalue weighted by molar-refractivity contribution is 7.89. The summed E-state index contributed by atoms with van der Waals surface area (Å²) >= 11 is 0. The zero-order valence-electron chi connectivity index (χ0n) is 9.83. The van der Waals surface area contributed by atoms with Crippen molar-refractivity contribution in [3.8, 4) is 0 Å². The fraction of sp³-hybridized carbons (Fsp3) is 0.455. The Morgan fingerprint density at radius 1 is 1.29 bits per heavy atom. The molecule has 0 fully saturated rings. The molecule has 0 amide bonds. The number of sulfonamides is 1. The molecule has 0 aliphatic heterocycles. The lowest BCUT2D eigenvalue weighted by Crippen LogP contribution is -2.34. The van der Waals surface area contributed by atoms with E-state index < -0.39 is 10.0 Å². The van der Waals surface area contributed by atoms with Crippen LogP contribution in [0.3, 0.4) is 0 Å². The molecule has 0 aliphatic rings. The zero-order chi connectivity index (χ0) is 12.9. The Hall–Kier alpha value is -1.11. The van der Waals surface area contributed by atoms with E-state index in [4.69, 9.17) is 10.8 Å². The molecule has 5 nitrogen and oxygen atoms in total. The molecule has 96 valence electrons. The topological polar surface area (TPSA) is 83.6 Å². The molecule has 1 aromatic rings. The molecule has 6 heteroatoms. The Kier molecular flexibility index (Phi) is 4.92. The number of aliphatic hydroxyl groups is 1. The van der Waals surface area contributed by atoms with Crippen molar-refractivity contribution in [2.45, 2.75) is 18.2 Å². The van der Waals surface area contributed by atoms with Crippen LogP contribution in [-0.4, -0.2) is 37.5 Å². The van der Waals surface area contributed by atoms with Gasteiger partial charge in [-0.2, -0.15) is 4.31 Å². The number of hydrogen-bond donors (Lipinski definition) is 2. The van der Waals surface area contributed by atoms with Crippen LogP contribution < -0.4 is 5.73 Å². The summed E-state index contributed by atoms with van der Waals surface area (Å²) in [5.74, 6) is 0. The first-order valence-corrected chi connectivity index (χ1v) is 6.93. The zero-order valence-corrected chi connectivity index (χ0v) is 10.7. The summed E-state index contributed by atoms with van der Waals surface area (Å²) in [6, 6.07) is 6.34. The van der Waals surface area contributed by atoms with E-state index in [9.17, 15) is 8.42 Å². The fourth-order valence-corrected chi connectivity index (χ4v) is 3.21. The van der Waals surface area contributed by atoms with Crippen LogP contribution in [0.15, 0.2) is 29.2 Å². The van der Waals surface area contributed by atoms with Crippen LogP contribution in [0.1, 0.15) is 13.3 Å². The molecule has 0 aromatic heterocycles. The molecule has 0 bridgehead atoms. The maximum absolute atomic E-state index is 12.3. The van der Waals surface area contributed by atoms with Crippen molar-refractivity contribution >= 4 is 15.7 Å². The van der Waals surface area contributed by atoms with Gasteiger partial charge in [-0.05, 0) is 18.6 Å². The van der Waals surface area contributed by atoms with Crippen LogP contribution in [0.25, 0.3) is 0 Å². The minimum absolute atomic E-state index is 0.0878. The van der Waals surface area contributed by atoms with Crippen LogP contribution in [0, 0.1) is 0 Å². The molecular formula is C11H18N2O3S. The van der Waals surface area contributed by atoms with Gasteiger partial charge in [-0.25, -0.2) is 8.42 Å². The fourth-order valence-electron chi connectivity index (χ4n) is 1.57. The maximum Gasteiger partial charge on any atom is 0.245 e. The van der Waals surface area contributed by atoms with Crippen molar-refractivity contribution in [2.24, 2.45) is 0 Å². The molecule has 1 rings (SSSR count). The summed E-state index contributed by atoms with van der Waals surface area (Å²) in [5.41, 5.74) is 5.90. The molecule has 17 heavy (non-hydrogen) atoms. The number of rotatable bonds is 6. The van der Waals surface area contributed by atoms with E-state index >= 15 is 0 Å². The van der Waals surface area contributed by atoms with Crippen molar-refractivity contribution in [3.05, 3.63) is 24.3 Å². The van der Waals surface area contributed by atoms with Crippen LogP contribution in [0.4, 0.5) is 5.69 Å². The van der Waals surface area contributed by atoms with Crippen molar-refractivity contribution in [2.75, 3.05) is 25.4 Å². The van der Waals surface area contributed by atoms with E-state index in [-0.39, 0.29) is 23.7 Å². The number of para-hydroxylation sites is 1. The SMILES string of the molecule is CCCN(CCO)S(=O)(=O)c1ccccc1N. The van der Waals surface area contributed by atoms with Gasteiger partial charge in [0, 0.05) is 13.1 Å². The van der Waals surface area contributed by atoms with Crippen molar-refractivity contribution in [1.29, 1.82) is 0 Å². The van der Waals surface area contributed by atoms with E-state index in [0.29, 0.717) is 13.0 Å². The second-order valence-corrected chi connectivity index (χ2v) is 5.57. The van der Waals surface area contributed by atoms with Crippen LogP contribution in [0.2, 0.25) is 0 Å². The first kappa shape index (κ1) is 14.0. The van der Waals surface area contributed by atoms with E-state index in [0.717, 1.165) is 0 Å². The van der Waals surface area contributed by atoms with Crippen molar-refractivity contribution < 1.29 is 13.5 Å². The third kappa shape index (κ3) is 3.18. The van der Waals surface area contributed by atoms with E-state index in [1.54, 1.807) is 18.2 Å². The lowest BCUT2D eigenvalue weighted by atomic mass is 10.3. The lowest BCUT2D eigenvalue weighted by molar-refractivity contribution is 0.253. The Bertz CT molecular complexity index is 454. The molecular weight excluding hydrogens is 240 g/mol. The predicted molar refractivity (Wildman–Crippen MR) is 67.0 cm³/mol. The summed E-state index contributed by atoms with van der Waals surface area (Å²) in [6.45, 7) is 2.14. The molecule has 0 aliphatic carbocycles. The van der Waals surface area contributed by atoms with Gasteiger partial charge >= 0.3 is 0 Å². The normalized spacial score (nSPS) is 11.9. The third-order valence-corrected chi connectivity index (χ3v) is 4.33. The Morgan fingerprint density at radius 3 is 2.47 bits per heavy atom. The van der Waals surface area contributed by atoms with Crippen LogP contribution >= 0.6 is 0 Å². The van der Waals surface area contributed by atoms with Crippen LogP contribution in [-0.2, 0) is 10.0 Å². The number of nitrogens with zero attached hydrogens (tertiary/aromatic N) is 1. The predicted octanol–water partition coefficient (Wildman–Crippen LogP) is 0.662. The summed E-state index contributed by atoms with van der Waals surface area (Å²) in [5, 5.41) is 8.91. The number of nitrogen functional groups attached to an aromatic ring is 1. The Labute approximate surface area is 102 Å². The summed E-state index contributed by atoms with van der Waals surface area (Å²) in [6.07, 6.45) is 0.686. The average molecular weight is 258 g/mol. The molecule has 1 aromatic carbocycles. The van der Waals surface area contributed by atoms with Gasteiger partial charge in [-0.15, -0.1) is 0 Å². The van der Waals surface area contributed by atoms with Crippen molar-refractivity contribution in [3.63, 3.8) is 0 Å². The number of anilines is 1. The average Bonchev–Trinajstić information content (AvgIpc) is 2.29. The van der Waals surface area contributed by atoms with Gasteiger partial charge in [-0.3, -0.25) is 0 Å². The van der Waals surface area contributed by atoms with Crippen molar-refractivity contribution in [1.82, 2.24) is 4.31 Å².